The van der Waals surface area contributed by atoms with Crippen LogP contribution in [0.2, 0.25) is 10.0 Å². The van der Waals surface area contributed by atoms with Crippen LogP contribution in [0.25, 0.3) is 0 Å². The van der Waals surface area contributed by atoms with E-state index in [1.165, 1.54) is 11.8 Å². The van der Waals surface area contributed by atoms with Crippen LogP contribution >= 0.6 is 35.0 Å². The molecule has 0 heterocycles. The van der Waals surface area contributed by atoms with Gasteiger partial charge >= 0.3 is 0 Å². The van der Waals surface area contributed by atoms with Gasteiger partial charge in [-0.3, -0.25) is 9.59 Å². The van der Waals surface area contributed by atoms with E-state index in [4.69, 9.17) is 23.2 Å². The Labute approximate surface area is 161 Å². The maximum atomic E-state index is 12.2. The van der Waals surface area contributed by atoms with Crippen LogP contribution in [0.15, 0.2) is 42.5 Å². The van der Waals surface area contributed by atoms with E-state index in [-0.39, 0.29) is 17.6 Å². The van der Waals surface area contributed by atoms with Gasteiger partial charge in [0.25, 0.3) is 0 Å². The van der Waals surface area contributed by atoms with Crippen molar-refractivity contribution in [3.05, 3.63) is 58.1 Å². The van der Waals surface area contributed by atoms with E-state index in [1.807, 2.05) is 31.2 Å². The Bertz CT molecular complexity index is 766. The summed E-state index contributed by atoms with van der Waals surface area (Å²) in [6.07, 6.45) is 0. The summed E-state index contributed by atoms with van der Waals surface area (Å²) in [6, 6.07) is 12.4. The molecule has 25 heavy (non-hydrogen) atoms. The molecule has 2 amide bonds. The molecule has 0 fully saturated rings. The first-order valence-electron chi connectivity index (χ1n) is 7.59. The summed E-state index contributed by atoms with van der Waals surface area (Å²) >= 11 is 13.0. The summed E-state index contributed by atoms with van der Waals surface area (Å²) in [7, 11) is 0. The van der Waals surface area contributed by atoms with Crippen molar-refractivity contribution in [2.24, 2.45) is 0 Å². The van der Waals surface area contributed by atoms with Gasteiger partial charge in [-0.2, -0.15) is 0 Å². The van der Waals surface area contributed by atoms with Crippen LogP contribution in [0, 0.1) is 6.92 Å². The number of anilines is 2. The molecule has 0 saturated carbocycles. The van der Waals surface area contributed by atoms with Gasteiger partial charge in [0.1, 0.15) is 0 Å². The summed E-state index contributed by atoms with van der Waals surface area (Å²) in [5, 5.41) is 5.97. The second-order valence-corrected chi connectivity index (χ2v) is 7.63. The van der Waals surface area contributed by atoms with Crippen LogP contribution in [-0.2, 0) is 9.59 Å². The third-order valence-electron chi connectivity index (χ3n) is 3.36. The maximum absolute atomic E-state index is 12.2. The first-order valence-corrected chi connectivity index (χ1v) is 9.39. The lowest BCUT2D eigenvalue weighted by molar-refractivity contribution is -0.115. The summed E-state index contributed by atoms with van der Waals surface area (Å²) in [5.41, 5.74) is 2.43. The lowest BCUT2D eigenvalue weighted by Crippen LogP contribution is -2.25. The molecule has 0 aliphatic carbocycles. The van der Waals surface area contributed by atoms with Gasteiger partial charge < -0.3 is 10.6 Å². The molecule has 2 aromatic rings. The van der Waals surface area contributed by atoms with Crippen LogP contribution in [0.4, 0.5) is 11.4 Å². The fourth-order valence-corrected chi connectivity index (χ4v) is 2.91. The normalized spacial score (nSPS) is 11.7. The highest BCUT2D eigenvalue weighted by atomic mass is 35.5. The quantitative estimate of drug-likeness (QED) is 0.721. The van der Waals surface area contributed by atoms with E-state index in [9.17, 15) is 9.59 Å². The van der Waals surface area contributed by atoms with Crippen LogP contribution in [0.5, 0.6) is 0 Å². The minimum atomic E-state index is -0.391. The monoisotopic (exact) mass is 396 g/mol. The molecule has 1 unspecified atom stereocenters. The van der Waals surface area contributed by atoms with E-state index in [0.29, 0.717) is 15.7 Å². The second-order valence-electron chi connectivity index (χ2n) is 5.49. The second kappa shape index (κ2) is 9.13. The number of thioether (sulfide) groups is 1. The molecule has 0 radical (unpaired) electrons. The number of aryl methyl sites for hydroxylation is 1. The molecular weight excluding hydrogens is 379 g/mol. The smallest absolute Gasteiger partial charge is 0.237 e. The zero-order chi connectivity index (χ0) is 18.4. The Balaban J connectivity index is 1.81. The van der Waals surface area contributed by atoms with Crippen molar-refractivity contribution in [2.45, 2.75) is 19.1 Å². The van der Waals surface area contributed by atoms with Gasteiger partial charge in [-0.25, -0.2) is 0 Å². The first-order chi connectivity index (χ1) is 11.8. The van der Waals surface area contributed by atoms with E-state index in [2.05, 4.69) is 10.6 Å². The van der Waals surface area contributed by atoms with E-state index in [1.54, 1.807) is 25.1 Å². The molecule has 2 N–H and O–H groups in total. The van der Waals surface area contributed by atoms with Crippen molar-refractivity contribution in [1.29, 1.82) is 0 Å². The lowest BCUT2D eigenvalue weighted by atomic mass is 10.2. The molecule has 0 saturated heterocycles. The number of halogens is 2. The Morgan fingerprint density at radius 1 is 1.00 bits per heavy atom. The van der Waals surface area contributed by atoms with Gasteiger partial charge in [0.15, 0.2) is 0 Å². The molecule has 0 spiro atoms. The van der Waals surface area contributed by atoms with Crippen molar-refractivity contribution in [2.75, 3.05) is 16.4 Å². The third kappa shape index (κ3) is 6.27. The topological polar surface area (TPSA) is 58.2 Å². The molecule has 2 rings (SSSR count). The van der Waals surface area contributed by atoms with E-state index in [0.717, 1.165) is 11.3 Å². The highest BCUT2D eigenvalue weighted by molar-refractivity contribution is 8.01. The van der Waals surface area contributed by atoms with Crippen LogP contribution in [0.1, 0.15) is 12.5 Å². The standard InChI is InChI=1S/C18H18Cl2N2O2S/c1-11-3-5-13(6-4-11)21-17(23)10-25-12(2)18(24)22-14-7-8-15(19)16(20)9-14/h3-9,12H,10H2,1-2H3,(H,21,23)(H,22,24). The maximum Gasteiger partial charge on any atom is 0.237 e. The summed E-state index contributed by atoms with van der Waals surface area (Å²) in [4.78, 5) is 24.1. The minimum absolute atomic E-state index is 0.150. The fraction of sp³-hybridized carbons (Fsp3) is 0.222. The van der Waals surface area contributed by atoms with E-state index < -0.39 is 5.25 Å². The Hall–Kier alpha value is -1.69. The van der Waals surface area contributed by atoms with Gasteiger partial charge in [0.05, 0.1) is 21.0 Å². The summed E-state index contributed by atoms with van der Waals surface area (Å²) < 4.78 is 0. The predicted molar refractivity (Wildman–Crippen MR) is 107 cm³/mol. The van der Waals surface area contributed by atoms with Gasteiger partial charge in [-0.1, -0.05) is 40.9 Å². The zero-order valence-electron chi connectivity index (χ0n) is 13.8. The molecule has 132 valence electrons. The number of hydrogen-bond acceptors (Lipinski definition) is 3. The molecule has 7 heteroatoms. The van der Waals surface area contributed by atoms with E-state index >= 15 is 0 Å². The Kier molecular flexibility index (Phi) is 7.17. The molecule has 0 aromatic heterocycles. The number of nitrogens with one attached hydrogen (secondary N) is 2. The van der Waals surface area contributed by atoms with Gasteiger partial charge in [-0.15, -0.1) is 11.8 Å². The highest BCUT2D eigenvalue weighted by Crippen LogP contribution is 2.25. The number of amides is 2. The largest absolute Gasteiger partial charge is 0.325 e. The van der Waals surface area contributed by atoms with Crippen molar-refractivity contribution in [3.63, 3.8) is 0 Å². The van der Waals surface area contributed by atoms with Gasteiger partial charge in [0, 0.05) is 11.4 Å². The minimum Gasteiger partial charge on any atom is -0.325 e. The van der Waals surface area contributed by atoms with Gasteiger partial charge in [0.2, 0.25) is 11.8 Å². The Morgan fingerprint density at radius 2 is 1.64 bits per heavy atom. The van der Waals surface area contributed by atoms with Crippen molar-refractivity contribution in [1.82, 2.24) is 0 Å². The average Bonchev–Trinajstić information content (AvgIpc) is 2.58. The van der Waals surface area contributed by atoms with Crippen LogP contribution in [0.3, 0.4) is 0 Å². The molecule has 0 aliphatic heterocycles. The first kappa shape index (κ1) is 19.6. The summed E-state index contributed by atoms with van der Waals surface area (Å²) in [5.74, 6) is -0.168. The number of carbonyl (C=O) groups is 2. The molecular formula is C18H18Cl2N2O2S. The summed E-state index contributed by atoms with van der Waals surface area (Å²) in [6.45, 7) is 3.73. The van der Waals surface area contributed by atoms with Gasteiger partial charge in [-0.05, 0) is 44.2 Å². The number of carbonyl (C=O) groups excluding carboxylic acids is 2. The molecule has 4 nitrogen and oxygen atoms in total. The Morgan fingerprint density at radius 3 is 2.28 bits per heavy atom. The average molecular weight is 397 g/mol. The lowest BCUT2D eigenvalue weighted by Gasteiger charge is -2.12. The predicted octanol–water partition coefficient (Wildman–Crippen LogP) is 5.00. The number of hydrogen-bond donors (Lipinski definition) is 2. The molecule has 1 atom stereocenters. The highest BCUT2D eigenvalue weighted by Gasteiger charge is 2.16. The fourth-order valence-electron chi connectivity index (χ4n) is 1.93. The molecule has 0 aliphatic rings. The number of rotatable bonds is 6. The zero-order valence-corrected chi connectivity index (χ0v) is 16.1. The molecule has 0 bridgehead atoms. The van der Waals surface area contributed by atoms with Crippen molar-refractivity contribution >= 4 is 58.2 Å². The van der Waals surface area contributed by atoms with Crippen molar-refractivity contribution in [3.8, 4) is 0 Å². The number of benzene rings is 2. The van der Waals surface area contributed by atoms with Crippen molar-refractivity contribution < 1.29 is 9.59 Å². The molecule has 2 aromatic carbocycles. The van der Waals surface area contributed by atoms with Crippen LogP contribution < -0.4 is 10.6 Å². The SMILES string of the molecule is Cc1ccc(NC(=O)CSC(C)C(=O)Nc2ccc(Cl)c(Cl)c2)cc1. The van der Waals surface area contributed by atoms with Crippen LogP contribution in [-0.4, -0.2) is 22.8 Å². The third-order valence-corrected chi connectivity index (χ3v) is 5.24.